The maximum Gasteiger partial charge on any atom is 0.0752 e. The van der Waals surface area contributed by atoms with Crippen LogP contribution in [0.5, 0.6) is 0 Å². The summed E-state index contributed by atoms with van der Waals surface area (Å²) >= 11 is 0. The Bertz CT molecular complexity index is 186. The van der Waals surface area contributed by atoms with E-state index in [0.717, 1.165) is 25.7 Å². The molecule has 0 aromatic heterocycles. The molecule has 3 nitrogen and oxygen atoms in total. The third kappa shape index (κ3) is 4.81. The van der Waals surface area contributed by atoms with Crippen LogP contribution in [-0.4, -0.2) is 49.3 Å². The van der Waals surface area contributed by atoms with Crippen LogP contribution in [-0.2, 0) is 4.74 Å². The van der Waals surface area contributed by atoms with E-state index in [2.05, 4.69) is 37.9 Å². The van der Waals surface area contributed by atoms with Gasteiger partial charge in [-0.25, -0.2) is 0 Å². The van der Waals surface area contributed by atoms with E-state index in [9.17, 15) is 0 Å². The predicted molar refractivity (Wildman–Crippen MR) is 68.8 cm³/mol. The molecule has 0 aromatic carbocycles. The van der Waals surface area contributed by atoms with Crippen LogP contribution in [0.15, 0.2) is 0 Å². The molecule has 0 saturated carbocycles. The molecule has 1 aliphatic rings. The molecule has 1 heterocycles. The van der Waals surface area contributed by atoms with E-state index in [1.165, 1.54) is 25.9 Å². The van der Waals surface area contributed by atoms with Crippen molar-refractivity contribution < 1.29 is 4.74 Å². The second-order valence-corrected chi connectivity index (χ2v) is 5.30. The molecule has 0 atom stereocenters. The Labute approximate surface area is 101 Å². The van der Waals surface area contributed by atoms with Crippen LogP contribution in [0.1, 0.15) is 40.5 Å². The molecule has 0 amide bonds. The lowest BCUT2D eigenvalue weighted by Crippen LogP contribution is -2.47. The Kier molecular flexibility index (Phi) is 5.73. The highest BCUT2D eigenvalue weighted by atomic mass is 16.5. The number of piperidine rings is 1. The van der Waals surface area contributed by atoms with Crippen molar-refractivity contribution in [3.8, 4) is 0 Å². The minimum absolute atomic E-state index is 0.000227. The van der Waals surface area contributed by atoms with Gasteiger partial charge in [0.15, 0.2) is 0 Å². The van der Waals surface area contributed by atoms with Crippen molar-refractivity contribution in [1.82, 2.24) is 10.2 Å². The van der Waals surface area contributed by atoms with Crippen molar-refractivity contribution in [3.63, 3.8) is 0 Å². The molecule has 1 N–H and O–H groups in total. The summed E-state index contributed by atoms with van der Waals surface area (Å²) < 4.78 is 5.75. The molecule has 0 aliphatic carbocycles. The number of nitrogens with one attached hydrogen (secondary N) is 1. The molecule has 96 valence electrons. The van der Waals surface area contributed by atoms with Gasteiger partial charge < -0.3 is 15.0 Å². The van der Waals surface area contributed by atoms with Gasteiger partial charge in [-0.05, 0) is 53.2 Å². The number of ether oxygens (including phenoxy) is 1. The zero-order valence-corrected chi connectivity index (χ0v) is 11.4. The summed E-state index contributed by atoms with van der Waals surface area (Å²) in [5.74, 6) is 0. The van der Waals surface area contributed by atoms with Gasteiger partial charge in [-0.1, -0.05) is 6.92 Å². The second-order valence-electron chi connectivity index (χ2n) is 5.30. The van der Waals surface area contributed by atoms with Gasteiger partial charge in [0, 0.05) is 19.2 Å². The summed E-state index contributed by atoms with van der Waals surface area (Å²) in [5, 5.41) is 3.54. The zero-order chi connectivity index (χ0) is 12.0. The molecule has 1 aliphatic heterocycles. The Morgan fingerprint density at radius 2 is 1.88 bits per heavy atom. The van der Waals surface area contributed by atoms with Gasteiger partial charge in [0.05, 0.1) is 5.60 Å². The topological polar surface area (TPSA) is 24.5 Å². The Balaban J connectivity index is 2.26. The molecule has 16 heavy (non-hydrogen) atoms. The Morgan fingerprint density at radius 1 is 1.25 bits per heavy atom. The highest BCUT2D eigenvalue weighted by Gasteiger charge is 2.25. The first-order chi connectivity index (χ1) is 7.57. The smallest absolute Gasteiger partial charge is 0.0752 e. The van der Waals surface area contributed by atoms with Gasteiger partial charge in [-0.2, -0.15) is 0 Å². The minimum Gasteiger partial charge on any atom is -0.375 e. The van der Waals surface area contributed by atoms with Gasteiger partial charge in [0.25, 0.3) is 0 Å². The van der Waals surface area contributed by atoms with Crippen LogP contribution < -0.4 is 5.32 Å². The van der Waals surface area contributed by atoms with Crippen molar-refractivity contribution in [2.75, 3.05) is 32.8 Å². The lowest BCUT2D eigenvalue weighted by atomic mass is 10.0. The summed E-state index contributed by atoms with van der Waals surface area (Å²) in [6.07, 6.45) is 2.55. The summed E-state index contributed by atoms with van der Waals surface area (Å²) in [5.41, 5.74) is -0.000227. The molecule has 0 bridgehead atoms. The Morgan fingerprint density at radius 3 is 2.38 bits per heavy atom. The lowest BCUT2D eigenvalue weighted by Gasteiger charge is -2.37. The van der Waals surface area contributed by atoms with Crippen LogP contribution >= 0.6 is 0 Å². The van der Waals surface area contributed by atoms with Gasteiger partial charge in [-0.15, -0.1) is 0 Å². The van der Waals surface area contributed by atoms with E-state index in [4.69, 9.17) is 4.74 Å². The summed E-state index contributed by atoms with van der Waals surface area (Å²) in [7, 11) is 0. The van der Waals surface area contributed by atoms with E-state index in [0.29, 0.717) is 0 Å². The van der Waals surface area contributed by atoms with Crippen molar-refractivity contribution in [2.24, 2.45) is 0 Å². The second kappa shape index (κ2) is 6.58. The van der Waals surface area contributed by atoms with E-state index in [1.54, 1.807) is 0 Å². The fraction of sp³-hybridized carbons (Fsp3) is 1.00. The van der Waals surface area contributed by atoms with Gasteiger partial charge >= 0.3 is 0 Å². The van der Waals surface area contributed by atoms with E-state index in [-0.39, 0.29) is 5.60 Å². The largest absolute Gasteiger partial charge is 0.375 e. The minimum atomic E-state index is -0.000227. The van der Waals surface area contributed by atoms with Crippen LogP contribution in [0.3, 0.4) is 0 Å². The summed E-state index contributed by atoms with van der Waals surface area (Å²) in [4.78, 5) is 2.53. The SMILES string of the molecule is CCNC1CCN(CC(C)(C)OCC)CC1. The van der Waals surface area contributed by atoms with Gasteiger partial charge in [-0.3, -0.25) is 0 Å². The standard InChI is InChI=1S/C13H28N2O/c1-5-14-12-7-9-15(10-8-12)11-13(3,4)16-6-2/h12,14H,5-11H2,1-4H3. The quantitative estimate of drug-likeness (QED) is 0.751. The molecule has 0 aromatic rings. The average molecular weight is 228 g/mol. The van der Waals surface area contributed by atoms with Crippen LogP contribution in [0, 0.1) is 0 Å². The predicted octanol–water partition coefficient (Wildman–Crippen LogP) is 1.88. The molecule has 0 spiro atoms. The van der Waals surface area contributed by atoms with Gasteiger partial charge in [0.1, 0.15) is 0 Å². The maximum absolute atomic E-state index is 5.75. The molecule has 1 saturated heterocycles. The molecular weight excluding hydrogens is 200 g/mol. The fourth-order valence-electron chi connectivity index (χ4n) is 2.56. The van der Waals surface area contributed by atoms with Gasteiger partial charge in [0.2, 0.25) is 0 Å². The van der Waals surface area contributed by atoms with Crippen molar-refractivity contribution >= 4 is 0 Å². The number of rotatable bonds is 6. The van der Waals surface area contributed by atoms with Crippen LogP contribution in [0.4, 0.5) is 0 Å². The monoisotopic (exact) mass is 228 g/mol. The number of hydrogen-bond donors (Lipinski definition) is 1. The van der Waals surface area contributed by atoms with Crippen LogP contribution in [0.25, 0.3) is 0 Å². The van der Waals surface area contributed by atoms with Crippen molar-refractivity contribution in [1.29, 1.82) is 0 Å². The van der Waals surface area contributed by atoms with Crippen LogP contribution in [0.2, 0.25) is 0 Å². The number of hydrogen-bond acceptors (Lipinski definition) is 3. The van der Waals surface area contributed by atoms with E-state index >= 15 is 0 Å². The Hall–Kier alpha value is -0.120. The fourth-order valence-corrected chi connectivity index (χ4v) is 2.56. The third-order valence-electron chi connectivity index (χ3n) is 3.22. The molecule has 0 unspecified atom stereocenters. The molecule has 1 rings (SSSR count). The first kappa shape index (κ1) is 13.9. The summed E-state index contributed by atoms with van der Waals surface area (Å²) in [6, 6.07) is 0.733. The zero-order valence-electron chi connectivity index (χ0n) is 11.4. The normalized spacial score (nSPS) is 20.2. The van der Waals surface area contributed by atoms with E-state index < -0.39 is 0 Å². The third-order valence-corrected chi connectivity index (χ3v) is 3.22. The first-order valence-electron chi connectivity index (χ1n) is 6.67. The first-order valence-corrected chi connectivity index (χ1v) is 6.67. The highest BCUT2D eigenvalue weighted by Crippen LogP contribution is 2.16. The lowest BCUT2D eigenvalue weighted by molar-refractivity contribution is -0.0382. The average Bonchev–Trinajstić information content (AvgIpc) is 2.21. The molecule has 0 radical (unpaired) electrons. The molecular formula is C13H28N2O. The number of likely N-dealkylation sites (tertiary alicyclic amines) is 1. The number of nitrogens with zero attached hydrogens (tertiary/aromatic N) is 1. The highest BCUT2D eigenvalue weighted by molar-refractivity contribution is 4.81. The molecule has 1 fully saturated rings. The van der Waals surface area contributed by atoms with Crippen molar-refractivity contribution in [3.05, 3.63) is 0 Å². The van der Waals surface area contributed by atoms with Crippen molar-refractivity contribution in [2.45, 2.75) is 52.2 Å². The molecule has 3 heteroatoms. The maximum atomic E-state index is 5.75. The summed E-state index contributed by atoms with van der Waals surface area (Å²) in [6.45, 7) is 14.0. The van der Waals surface area contributed by atoms with E-state index in [1.807, 2.05) is 0 Å².